The van der Waals surface area contributed by atoms with E-state index >= 15 is 0 Å². The van der Waals surface area contributed by atoms with Gasteiger partial charge in [-0.1, -0.05) is 40.7 Å². The molecule has 1 fully saturated rings. The molecule has 0 heterocycles. The van der Waals surface area contributed by atoms with E-state index < -0.39 is 0 Å². The third-order valence-electron chi connectivity index (χ3n) is 5.70. The van der Waals surface area contributed by atoms with Gasteiger partial charge in [-0.3, -0.25) is 0 Å². The third kappa shape index (κ3) is 2.24. The second-order valence-corrected chi connectivity index (χ2v) is 7.18. The molecule has 1 N–H and O–H groups in total. The van der Waals surface area contributed by atoms with Crippen LogP contribution in [0.15, 0.2) is 18.2 Å². The lowest BCUT2D eigenvalue weighted by Crippen LogP contribution is -2.26. The maximum atomic E-state index is 5.33. The van der Waals surface area contributed by atoms with Gasteiger partial charge in [0.2, 0.25) is 0 Å². The SMILES string of the molecule is CCNC(c1ccc(OC)cc1C)C1C(C)(C)C1(C)C. The first-order chi connectivity index (χ1) is 9.27. The van der Waals surface area contributed by atoms with Crippen molar-refractivity contribution in [1.29, 1.82) is 0 Å². The lowest BCUT2D eigenvalue weighted by atomic mass is 9.93. The van der Waals surface area contributed by atoms with Crippen LogP contribution in [0, 0.1) is 23.7 Å². The highest BCUT2D eigenvalue weighted by molar-refractivity contribution is 5.39. The third-order valence-corrected chi connectivity index (χ3v) is 5.70. The Morgan fingerprint density at radius 2 is 1.80 bits per heavy atom. The average molecular weight is 275 g/mol. The number of ether oxygens (including phenoxy) is 1. The second kappa shape index (κ2) is 5.07. The number of nitrogens with one attached hydrogen (secondary N) is 1. The van der Waals surface area contributed by atoms with E-state index in [0.717, 1.165) is 12.3 Å². The van der Waals surface area contributed by atoms with Gasteiger partial charge in [-0.25, -0.2) is 0 Å². The van der Waals surface area contributed by atoms with Crippen molar-refractivity contribution in [2.24, 2.45) is 16.7 Å². The summed E-state index contributed by atoms with van der Waals surface area (Å²) in [5.74, 6) is 1.61. The molecule has 1 unspecified atom stereocenters. The fourth-order valence-electron chi connectivity index (χ4n) is 3.83. The van der Waals surface area contributed by atoms with Gasteiger partial charge >= 0.3 is 0 Å². The van der Waals surface area contributed by atoms with Crippen molar-refractivity contribution in [3.05, 3.63) is 29.3 Å². The van der Waals surface area contributed by atoms with Gasteiger partial charge in [-0.15, -0.1) is 0 Å². The summed E-state index contributed by atoms with van der Waals surface area (Å²) in [4.78, 5) is 0. The zero-order valence-corrected chi connectivity index (χ0v) is 14.0. The lowest BCUT2D eigenvalue weighted by Gasteiger charge is -2.23. The van der Waals surface area contributed by atoms with Crippen LogP contribution in [0.4, 0.5) is 0 Å². The van der Waals surface area contributed by atoms with E-state index in [2.05, 4.69) is 65.1 Å². The molecule has 2 heteroatoms. The number of aryl methyl sites for hydroxylation is 1. The molecule has 0 amide bonds. The van der Waals surface area contributed by atoms with Gasteiger partial charge in [0.05, 0.1) is 7.11 Å². The van der Waals surface area contributed by atoms with Gasteiger partial charge in [0, 0.05) is 6.04 Å². The first-order valence-electron chi connectivity index (χ1n) is 7.65. The number of hydrogen-bond acceptors (Lipinski definition) is 2. The summed E-state index contributed by atoms with van der Waals surface area (Å²) in [6.07, 6.45) is 0. The van der Waals surface area contributed by atoms with Crippen LogP contribution in [-0.2, 0) is 0 Å². The highest BCUT2D eigenvalue weighted by atomic mass is 16.5. The fraction of sp³-hybridized carbons (Fsp3) is 0.667. The van der Waals surface area contributed by atoms with Gasteiger partial charge in [0.25, 0.3) is 0 Å². The molecule has 1 atom stereocenters. The predicted octanol–water partition coefficient (Wildman–Crippen LogP) is 4.34. The number of methoxy groups -OCH3 is 1. The van der Waals surface area contributed by atoms with Crippen LogP contribution in [0.5, 0.6) is 5.75 Å². The smallest absolute Gasteiger partial charge is 0.119 e. The average Bonchev–Trinajstić information content (AvgIpc) is 2.77. The van der Waals surface area contributed by atoms with Crippen LogP contribution >= 0.6 is 0 Å². The lowest BCUT2D eigenvalue weighted by molar-refractivity contribution is 0.407. The van der Waals surface area contributed by atoms with Crippen molar-refractivity contribution in [3.63, 3.8) is 0 Å². The molecule has 1 saturated carbocycles. The summed E-state index contributed by atoms with van der Waals surface area (Å²) in [7, 11) is 1.73. The van der Waals surface area contributed by atoms with Crippen LogP contribution in [0.25, 0.3) is 0 Å². The van der Waals surface area contributed by atoms with Crippen LogP contribution in [-0.4, -0.2) is 13.7 Å². The van der Waals surface area contributed by atoms with E-state index in [-0.39, 0.29) is 0 Å². The first-order valence-corrected chi connectivity index (χ1v) is 7.65. The minimum atomic E-state index is 0.381. The molecular weight excluding hydrogens is 246 g/mol. The van der Waals surface area contributed by atoms with E-state index in [4.69, 9.17) is 4.74 Å². The van der Waals surface area contributed by atoms with Crippen LogP contribution in [0.1, 0.15) is 51.8 Å². The molecule has 2 nitrogen and oxygen atoms in total. The Bertz CT molecular complexity index is 476. The zero-order chi connectivity index (χ0) is 15.1. The summed E-state index contributed by atoms with van der Waals surface area (Å²) in [5.41, 5.74) is 3.49. The summed E-state index contributed by atoms with van der Waals surface area (Å²) in [5, 5.41) is 3.71. The quantitative estimate of drug-likeness (QED) is 0.863. The fourth-order valence-corrected chi connectivity index (χ4v) is 3.83. The van der Waals surface area contributed by atoms with Crippen molar-refractivity contribution in [3.8, 4) is 5.75 Å². The summed E-state index contributed by atoms with van der Waals surface area (Å²) >= 11 is 0. The molecule has 0 spiro atoms. The van der Waals surface area contributed by atoms with E-state index in [9.17, 15) is 0 Å². The highest BCUT2D eigenvalue weighted by Crippen LogP contribution is 2.72. The molecular formula is C18H29NO. The van der Waals surface area contributed by atoms with Gasteiger partial charge in [0.15, 0.2) is 0 Å². The van der Waals surface area contributed by atoms with Crippen LogP contribution in [0.2, 0.25) is 0 Å². The summed E-state index contributed by atoms with van der Waals surface area (Å²) in [6, 6.07) is 6.87. The Balaban J connectivity index is 2.36. The van der Waals surface area contributed by atoms with Gasteiger partial charge in [-0.05, 0) is 53.5 Å². The van der Waals surface area contributed by atoms with Crippen molar-refractivity contribution in [2.75, 3.05) is 13.7 Å². The van der Waals surface area contributed by atoms with Crippen molar-refractivity contribution >= 4 is 0 Å². The van der Waals surface area contributed by atoms with Crippen LogP contribution in [0.3, 0.4) is 0 Å². The Morgan fingerprint density at radius 3 is 2.20 bits per heavy atom. The normalized spacial score (nSPS) is 21.6. The molecule has 112 valence electrons. The van der Waals surface area contributed by atoms with Gasteiger partial charge < -0.3 is 10.1 Å². The maximum Gasteiger partial charge on any atom is 0.119 e. The zero-order valence-electron chi connectivity index (χ0n) is 14.0. The van der Waals surface area contributed by atoms with E-state index in [0.29, 0.717) is 22.8 Å². The van der Waals surface area contributed by atoms with Crippen molar-refractivity contribution < 1.29 is 4.74 Å². The monoisotopic (exact) mass is 275 g/mol. The number of hydrogen-bond donors (Lipinski definition) is 1. The van der Waals surface area contributed by atoms with Crippen molar-refractivity contribution in [2.45, 2.75) is 47.6 Å². The number of benzene rings is 1. The first kappa shape index (κ1) is 15.4. The molecule has 20 heavy (non-hydrogen) atoms. The van der Waals surface area contributed by atoms with E-state index in [1.165, 1.54) is 11.1 Å². The minimum Gasteiger partial charge on any atom is -0.497 e. The molecule has 0 bridgehead atoms. The summed E-state index contributed by atoms with van der Waals surface area (Å²) in [6.45, 7) is 14.9. The Labute approximate surface area is 123 Å². The Hall–Kier alpha value is -1.02. The van der Waals surface area contributed by atoms with Gasteiger partial charge in [-0.2, -0.15) is 0 Å². The molecule has 0 aliphatic heterocycles. The van der Waals surface area contributed by atoms with Crippen molar-refractivity contribution in [1.82, 2.24) is 5.32 Å². The molecule has 0 radical (unpaired) electrons. The molecule has 0 aromatic heterocycles. The molecule has 0 saturated heterocycles. The molecule has 2 rings (SSSR count). The Kier molecular flexibility index (Phi) is 3.90. The standard InChI is InChI=1S/C18H29NO/c1-8-19-15(16-17(3,4)18(16,5)6)14-10-9-13(20-7)11-12(14)2/h9-11,15-16,19H,8H2,1-7H3. The molecule has 1 aliphatic rings. The van der Waals surface area contributed by atoms with E-state index in [1.807, 2.05) is 0 Å². The largest absolute Gasteiger partial charge is 0.497 e. The van der Waals surface area contributed by atoms with Crippen LogP contribution < -0.4 is 10.1 Å². The van der Waals surface area contributed by atoms with E-state index in [1.54, 1.807) is 7.11 Å². The molecule has 1 aromatic rings. The second-order valence-electron chi connectivity index (χ2n) is 7.18. The highest BCUT2D eigenvalue weighted by Gasteiger charge is 2.67. The predicted molar refractivity (Wildman–Crippen MR) is 85.2 cm³/mol. The Morgan fingerprint density at radius 1 is 1.20 bits per heavy atom. The topological polar surface area (TPSA) is 21.3 Å². The minimum absolute atomic E-state index is 0.381. The summed E-state index contributed by atoms with van der Waals surface area (Å²) < 4.78 is 5.33. The molecule has 1 aliphatic carbocycles. The number of rotatable bonds is 5. The van der Waals surface area contributed by atoms with Gasteiger partial charge in [0.1, 0.15) is 5.75 Å². The maximum absolute atomic E-state index is 5.33. The molecule has 1 aromatic carbocycles.